The number of nitrogens with one attached hydrogen (secondary N) is 1. The van der Waals surface area contributed by atoms with E-state index in [1.807, 2.05) is 24.1 Å². The monoisotopic (exact) mass is 351 g/mol. The third-order valence-electron chi connectivity index (χ3n) is 5.12. The van der Waals surface area contributed by atoms with Crippen LogP contribution in [0.15, 0.2) is 41.2 Å². The van der Waals surface area contributed by atoms with Crippen molar-refractivity contribution in [2.24, 2.45) is 7.05 Å². The van der Waals surface area contributed by atoms with E-state index in [4.69, 9.17) is 5.73 Å². The van der Waals surface area contributed by atoms with Crippen molar-refractivity contribution in [1.29, 1.82) is 0 Å². The number of benzene rings is 1. The number of nitrogen functional groups attached to an aromatic ring is 1. The molecule has 3 aromatic rings. The minimum atomic E-state index is -0.257. The van der Waals surface area contributed by atoms with Gasteiger partial charge in [-0.05, 0) is 23.9 Å². The van der Waals surface area contributed by atoms with Crippen molar-refractivity contribution in [1.82, 2.24) is 19.4 Å². The van der Waals surface area contributed by atoms with Crippen molar-refractivity contribution in [3.63, 3.8) is 0 Å². The molecule has 3 heterocycles. The summed E-state index contributed by atoms with van der Waals surface area (Å²) in [5.41, 5.74) is 8.15. The highest BCUT2D eigenvalue weighted by Gasteiger charge is 2.29. The predicted octanol–water partition coefficient (Wildman–Crippen LogP) is 1.40. The van der Waals surface area contributed by atoms with Gasteiger partial charge in [-0.3, -0.25) is 14.6 Å². The number of H-pyrrole nitrogens is 1. The second-order valence-corrected chi connectivity index (χ2v) is 6.81. The Labute approximate surface area is 150 Å². The van der Waals surface area contributed by atoms with Crippen LogP contribution in [0.5, 0.6) is 0 Å². The van der Waals surface area contributed by atoms with Gasteiger partial charge in [0.2, 0.25) is 11.9 Å². The Morgan fingerprint density at radius 1 is 1.35 bits per heavy atom. The van der Waals surface area contributed by atoms with Gasteiger partial charge in [0.05, 0.1) is 12.1 Å². The third-order valence-corrected chi connectivity index (χ3v) is 5.12. The molecule has 1 aromatic carbocycles. The highest BCUT2D eigenvalue weighted by atomic mass is 16.2. The maximum Gasteiger partial charge on any atom is 0.252 e. The Hall–Kier alpha value is -3.09. The summed E-state index contributed by atoms with van der Waals surface area (Å²) in [6, 6.07) is 11.6. The maximum absolute atomic E-state index is 12.8. The van der Waals surface area contributed by atoms with Gasteiger partial charge in [0.1, 0.15) is 0 Å². The lowest BCUT2D eigenvalue weighted by Gasteiger charge is -2.17. The second-order valence-electron chi connectivity index (χ2n) is 6.81. The molecule has 4 rings (SSSR count). The molecule has 1 unspecified atom stereocenters. The summed E-state index contributed by atoms with van der Waals surface area (Å²) in [5, 5.41) is 1.14. The van der Waals surface area contributed by atoms with Crippen LogP contribution in [0.2, 0.25) is 0 Å². The highest BCUT2D eigenvalue weighted by Crippen LogP contribution is 2.26. The number of rotatable bonds is 3. The Morgan fingerprint density at radius 3 is 2.92 bits per heavy atom. The number of hydrogen-bond acceptors (Lipinski definition) is 4. The first-order chi connectivity index (χ1) is 12.5. The summed E-state index contributed by atoms with van der Waals surface area (Å²) in [7, 11) is 1.99. The molecule has 134 valence electrons. The number of carbonyl (C=O) groups is 1. The largest absolute Gasteiger partial charge is 0.369 e. The molecule has 1 aliphatic rings. The highest BCUT2D eigenvalue weighted by molar-refractivity contribution is 5.85. The lowest BCUT2D eigenvalue weighted by molar-refractivity contribution is -0.129. The van der Waals surface area contributed by atoms with Crippen molar-refractivity contribution in [2.75, 3.05) is 18.8 Å². The topological polar surface area (TPSA) is 97.0 Å². The van der Waals surface area contributed by atoms with Gasteiger partial charge in [-0.15, -0.1) is 0 Å². The molecule has 0 aliphatic carbocycles. The normalized spacial score (nSPS) is 17.1. The lowest BCUT2D eigenvalue weighted by Crippen LogP contribution is -2.30. The van der Waals surface area contributed by atoms with E-state index < -0.39 is 0 Å². The van der Waals surface area contributed by atoms with Gasteiger partial charge >= 0.3 is 0 Å². The molecule has 7 heteroatoms. The van der Waals surface area contributed by atoms with Crippen molar-refractivity contribution in [2.45, 2.75) is 18.8 Å². The van der Waals surface area contributed by atoms with Gasteiger partial charge in [0.25, 0.3) is 5.56 Å². The molecule has 0 bridgehead atoms. The van der Waals surface area contributed by atoms with E-state index in [9.17, 15) is 9.59 Å². The van der Waals surface area contributed by atoms with Crippen molar-refractivity contribution < 1.29 is 4.79 Å². The van der Waals surface area contributed by atoms with Crippen LogP contribution in [0.3, 0.4) is 0 Å². The Morgan fingerprint density at radius 2 is 2.15 bits per heavy atom. The van der Waals surface area contributed by atoms with Crippen LogP contribution in [0, 0.1) is 0 Å². The maximum atomic E-state index is 12.8. The van der Waals surface area contributed by atoms with Crippen LogP contribution in [0.1, 0.15) is 23.7 Å². The first-order valence-corrected chi connectivity index (χ1v) is 8.69. The van der Waals surface area contributed by atoms with Gasteiger partial charge in [0, 0.05) is 43.3 Å². The minimum absolute atomic E-state index is 0.0519. The van der Waals surface area contributed by atoms with Crippen LogP contribution in [0.4, 0.5) is 5.95 Å². The molecule has 0 radical (unpaired) electrons. The van der Waals surface area contributed by atoms with E-state index in [-0.39, 0.29) is 23.3 Å². The first kappa shape index (κ1) is 16.4. The molecule has 2 aromatic heterocycles. The Balaban J connectivity index is 1.49. The number of nitrogens with zero attached hydrogens (tertiary/aromatic N) is 3. The predicted molar refractivity (Wildman–Crippen MR) is 99.8 cm³/mol. The van der Waals surface area contributed by atoms with Crippen LogP contribution in [-0.4, -0.2) is 38.4 Å². The molecule has 0 saturated carbocycles. The molecule has 0 spiro atoms. The number of para-hydroxylation sites is 1. The van der Waals surface area contributed by atoms with Gasteiger partial charge in [-0.2, -0.15) is 0 Å². The van der Waals surface area contributed by atoms with E-state index in [1.165, 1.54) is 6.07 Å². The number of fused-ring (bicyclic) bond motifs is 1. The van der Waals surface area contributed by atoms with E-state index in [0.29, 0.717) is 25.2 Å². The van der Waals surface area contributed by atoms with Crippen molar-refractivity contribution >= 4 is 22.8 Å². The van der Waals surface area contributed by atoms with Crippen molar-refractivity contribution in [3.8, 4) is 0 Å². The average Bonchev–Trinajstić information content (AvgIpc) is 3.21. The summed E-state index contributed by atoms with van der Waals surface area (Å²) in [6.07, 6.45) is 1.15. The first-order valence-electron chi connectivity index (χ1n) is 8.69. The van der Waals surface area contributed by atoms with Crippen LogP contribution in [0.25, 0.3) is 10.9 Å². The number of carbonyl (C=O) groups excluding carboxylic acids is 1. The molecule has 1 amide bonds. The SMILES string of the molecule is Cn1c(CC(=O)N2CCC(c3cc(=O)[nH]c(N)n3)C2)cc2ccccc21. The molecule has 7 nitrogen and oxygen atoms in total. The summed E-state index contributed by atoms with van der Waals surface area (Å²) in [6.45, 7) is 1.24. The summed E-state index contributed by atoms with van der Waals surface area (Å²) in [4.78, 5) is 32.9. The smallest absolute Gasteiger partial charge is 0.252 e. The zero-order valence-electron chi connectivity index (χ0n) is 14.6. The molecule has 1 fully saturated rings. The summed E-state index contributed by atoms with van der Waals surface area (Å²) in [5.74, 6) is 0.264. The Bertz CT molecular complexity index is 1040. The van der Waals surface area contributed by atoms with E-state index in [0.717, 1.165) is 23.0 Å². The fraction of sp³-hybridized carbons (Fsp3) is 0.316. The zero-order chi connectivity index (χ0) is 18.3. The number of hydrogen-bond donors (Lipinski definition) is 2. The molecular weight excluding hydrogens is 330 g/mol. The van der Waals surface area contributed by atoms with Gasteiger partial charge in [0.15, 0.2) is 0 Å². The molecule has 1 aliphatic heterocycles. The number of anilines is 1. The fourth-order valence-corrected chi connectivity index (χ4v) is 3.72. The zero-order valence-corrected chi connectivity index (χ0v) is 14.6. The van der Waals surface area contributed by atoms with Crippen LogP contribution < -0.4 is 11.3 Å². The molecular formula is C19H21N5O2. The van der Waals surface area contributed by atoms with Crippen LogP contribution in [-0.2, 0) is 18.3 Å². The van der Waals surface area contributed by atoms with E-state index in [2.05, 4.69) is 32.7 Å². The Kier molecular flexibility index (Phi) is 3.99. The van der Waals surface area contributed by atoms with E-state index >= 15 is 0 Å². The third kappa shape index (κ3) is 2.96. The number of nitrogens with two attached hydrogens (primary N) is 1. The number of amides is 1. The summed E-state index contributed by atoms with van der Waals surface area (Å²) >= 11 is 0. The summed E-state index contributed by atoms with van der Waals surface area (Å²) < 4.78 is 2.07. The van der Waals surface area contributed by atoms with Crippen LogP contribution >= 0.6 is 0 Å². The van der Waals surface area contributed by atoms with Gasteiger partial charge in [-0.25, -0.2) is 4.98 Å². The fourth-order valence-electron chi connectivity index (χ4n) is 3.72. The average molecular weight is 351 g/mol. The molecule has 3 N–H and O–H groups in total. The second kappa shape index (κ2) is 6.33. The molecule has 1 atom stereocenters. The molecule has 1 saturated heterocycles. The van der Waals surface area contributed by atoms with Gasteiger partial charge < -0.3 is 15.2 Å². The number of aromatic nitrogens is 3. The number of aromatic amines is 1. The van der Waals surface area contributed by atoms with Crippen molar-refractivity contribution in [3.05, 3.63) is 58.1 Å². The number of aryl methyl sites for hydroxylation is 1. The van der Waals surface area contributed by atoms with E-state index in [1.54, 1.807) is 0 Å². The standard InChI is InChI=1S/C19H21N5O2/c1-23-14(8-12-4-2-3-5-16(12)23)9-18(26)24-7-6-13(11-24)15-10-17(25)22-19(20)21-15/h2-5,8,10,13H,6-7,9,11H2,1H3,(H3,20,21,22,25). The minimum Gasteiger partial charge on any atom is -0.369 e. The lowest BCUT2D eigenvalue weighted by atomic mass is 10.1. The quantitative estimate of drug-likeness (QED) is 0.745. The molecule has 26 heavy (non-hydrogen) atoms. The number of likely N-dealkylation sites (tertiary alicyclic amines) is 1. The van der Waals surface area contributed by atoms with Gasteiger partial charge in [-0.1, -0.05) is 18.2 Å².